The lowest BCUT2D eigenvalue weighted by Crippen LogP contribution is -2.36. The number of benzene rings is 1. The van der Waals surface area contributed by atoms with Gasteiger partial charge in [-0.1, -0.05) is 22.0 Å². The van der Waals surface area contributed by atoms with Gasteiger partial charge in [0.15, 0.2) is 0 Å². The van der Waals surface area contributed by atoms with Gasteiger partial charge in [-0.3, -0.25) is 0 Å². The van der Waals surface area contributed by atoms with Gasteiger partial charge in [0.2, 0.25) is 0 Å². The molecule has 0 amide bonds. The predicted octanol–water partition coefficient (Wildman–Crippen LogP) is 1.36. The highest BCUT2D eigenvalue weighted by Crippen LogP contribution is 2.17. The molecule has 0 spiro atoms. The highest BCUT2D eigenvalue weighted by Gasteiger charge is 2.05. The molecular weight excluding hydrogens is 336 g/mol. The Kier molecular flexibility index (Phi) is 9.62. The van der Waals surface area contributed by atoms with Gasteiger partial charge in [-0.05, 0) is 25.2 Å². The SMILES string of the molecule is COCCN(C)CCNCC(O)COc1cccc(Br)c1. The lowest BCUT2D eigenvalue weighted by Gasteiger charge is -2.17. The minimum Gasteiger partial charge on any atom is -0.491 e. The summed E-state index contributed by atoms with van der Waals surface area (Å²) in [6.07, 6.45) is -0.520. The van der Waals surface area contributed by atoms with E-state index < -0.39 is 6.10 Å². The molecule has 0 radical (unpaired) electrons. The summed E-state index contributed by atoms with van der Waals surface area (Å²) in [7, 11) is 3.75. The predicted molar refractivity (Wildman–Crippen MR) is 87.9 cm³/mol. The van der Waals surface area contributed by atoms with Crippen LogP contribution in [0.1, 0.15) is 0 Å². The van der Waals surface area contributed by atoms with Crippen LogP contribution in [0.2, 0.25) is 0 Å². The fourth-order valence-electron chi connectivity index (χ4n) is 1.71. The Morgan fingerprint density at radius 3 is 2.90 bits per heavy atom. The average Bonchev–Trinajstić information content (AvgIpc) is 2.47. The van der Waals surface area contributed by atoms with E-state index in [2.05, 4.69) is 26.1 Å². The van der Waals surface area contributed by atoms with Crippen LogP contribution < -0.4 is 10.1 Å². The van der Waals surface area contributed by atoms with E-state index in [1.807, 2.05) is 31.3 Å². The van der Waals surface area contributed by atoms with Crippen molar-refractivity contribution >= 4 is 15.9 Å². The minimum absolute atomic E-state index is 0.281. The Morgan fingerprint density at radius 1 is 1.38 bits per heavy atom. The molecule has 1 unspecified atom stereocenters. The topological polar surface area (TPSA) is 54.0 Å². The van der Waals surface area contributed by atoms with E-state index in [9.17, 15) is 5.11 Å². The maximum atomic E-state index is 9.85. The highest BCUT2D eigenvalue weighted by atomic mass is 79.9. The van der Waals surface area contributed by atoms with Crippen molar-refractivity contribution in [2.24, 2.45) is 0 Å². The number of methoxy groups -OCH3 is 1. The number of nitrogens with one attached hydrogen (secondary N) is 1. The van der Waals surface area contributed by atoms with Crippen LogP contribution >= 0.6 is 15.9 Å². The Morgan fingerprint density at radius 2 is 2.19 bits per heavy atom. The molecule has 1 aromatic carbocycles. The zero-order valence-corrected chi connectivity index (χ0v) is 14.3. The van der Waals surface area contributed by atoms with Gasteiger partial charge in [0, 0.05) is 37.8 Å². The van der Waals surface area contributed by atoms with Crippen LogP contribution in [0.15, 0.2) is 28.7 Å². The van der Waals surface area contributed by atoms with Gasteiger partial charge in [-0.2, -0.15) is 0 Å². The molecule has 0 aromatic heterocycles. The van der Waals surface area contributed by atoms with Crippen LogP contribution in [0, 0.1) is 0 Å². The third-order valence-corrected chi connectivity index (χ3v) is 3.46. The van der Waals surface area contributed by atoms with Crippen LogP contribution in [-0.2, 0) is 4.74 Å². The van der Waals surface area contributed by atoms with Crippen LogP contribution in [0.25, 0.3) is 0 Å². The summed E-state index contributed by atoms with van der Waals surface area (Å²) in [5, 5.41) is 13.1. The summed E-state index contributed by atoms with van der Waals surface area (Å²) in [4.78, 5) is 2.18. The summed E-state index contributed by atoms with van der Waals surface area (Å²) in [6.45, 7) is 4.19. The van der Waals surface area contributed by atoms with Gasteiger partial charge in [0.25, 0.3) is 0 Å². The Hall–Kier alpha value is -0.660. The van der Waals surface area contributed by atoms with Crippen LogP contribution in [0.3, 0.4) is 0 Å². The molecule has 1 rings (SSSR count). The van der Waals surface area contributed by atoms with Crippen molar-refractivity contribution in [3.63, 3.8) is 0 Å². The summed E-state index contributed by atoms with van der Waals surface area (Å²) in [5.41, 5.74) is 0. The molecule has 0 bridgehead atoms. The second kappa shape index (κ2) is 11.0. The van der Waals surface area contributed by atoms with Gasteiger partial charge < -0.3 is 24.8 Å². The number of aliphatic hydroxyl groups is 1. The van der Waals surface area contributed by atoms with Crippen LogP contribution in [0.5, 0.6) is 5.75 Å². The van der Waals surface area contributed by atoms with Crippen molar-refractivity contribution < 1.29 is 14.6 Å². The average molecular weight is 361 g/mol. The molecule has 0 saturated carbocycles. The minimum atomic E-state index is -0.520. The van der Waals surface area contributed by atoms with E-state index >= 15 is 0 Å². The first-order chi connectivity index (χ1) is 10.1. The normalized spacial score (nSPS) is 12.6. The van der Waals surface area contributed by atoms with E-state index in [4.69, 9.17) is 9.47 Å². The second-order valence-electron chi connectivity index (χ2n) is 4.92. The van der Waals surface area contributed by atoms with Gasteiger partial charge >= 0.3 is 0 Å². The van der Waals surface area contributed by atoms with Crippen molar-refractivity contribution in [3.05, 3.63) is 28.7 Å². The zero-order valence-electron chi connectivity index (χ0n) is 12.7. The monoisotopic (exact) mass is 360 g/mol. The van der Waals surface area contributed by atoms with Crippen LogP contribution in [0.4, 0.5) is 0 Å². The summed E-state index contributed by atoms with van der Waals surface area (Å²) in [5.74, 6) is 0.753. The first-order valence-electron chi connectivity index (χ1n) is 7.06. The van der Waals surface area contributed by atoms with E-state index in [0.29, 0.717) is 6.54 Å². The number of aliphatic hydroxyl groups excluding tert-OH is 1. The number of likely N-dealkylation sites (N-methyl/N-ethyl adjacent to an activating group) is 1. The molecule has 1 atom stereocenters. The molecule has 120 valence electrons. The summed E-state index contributed by atoms with van der Waals surface area (Å²) < 4.78 is 11.5. The largest absolute Gasteiger partial charge is 0.491 e. The molecule has 1 aromatic rings. The Labute approximate surface area is 135 Å². The highest BCUT2D eigenvalue weighted by molar-refractivity contribution is 9.10. The first-order valence-corrected chi connectivity index (χ1v) is 7.85. The van der Waals surface area contributed by atoms with Crippen molar-refractivity contribution in [1.82, 2.24) is 10.2 Å². The maximum Gasteiger partial charge on any atom is 0.120 e. The Bertz CT molecular complexity index is 393. The number of halogens is 1. The molecule has 0 heterocycles. The fraction of sp³-hybridized carbons (Fsp3) is 0.600. The first kappa shape index (κ1) is 18.4. The van der Waals surface area contributed by atoms with Gasteiger partial charge in [-0.15, -0.1) is 0 Å². The van der Waals surface area contributed by atoms with E-state index in [-0.39, 0.29) is 6.61 Å². The molecule has 0 aliphatic heterocycles. The third-order valence-electron chi connectivity index (χ3n) is 2.97. The van der Waals surface area contributed by atoms with Crippen molar-refractivity contribution in [3.8, 4) is 5.75 Å². The third kappa shape index (κ3) is 9.06. The molecule has 2 N–H and O–H groups in total. The number of hydrogen-bond donors (Lipinski definition) is 2. The molecule has 0 saturated heterocycles. The lowest BCUT2D eigenvalue weighted by atomic mass is 10.3. The van der Waals surface area contributed by atoms with Crippen molar-refractivity contribution in [1.29, 1.82) is 0 Å². The van der Waals surface area contributed by atoms with Gasteiger partial charge in [-0.25, -0.2) is 0 Å². The van der Waals surface area contributed by atoms with Gasteiger partial charge in [0.05, 0.1) is 6.61 Å². The lowest BCUT2D eigenvalue weighted by molar-refractivity contribution is 0.105. The van der Waals surface area contributed by atoms with Gasteiger partial charge in [0.1, 0.15) is 18.5 Å². The van der Waals surface area contributed by atoms with E-state index in [1.54, 1.807) is 7.11 Å². The zero-order chi connectivity index (χ0) is 15.5. The quantitative estimate of drug-likeness (QED) is 0.583. The van der Waals surface area contributed by atoms with Crippen LogP contribution in [-0.4, -0.2) is 69.7 Å². The molecule has 6 heteroatoms. The van der Waals surface area contributed by atoms with Crippen molar-refractivity contribution in [2.75, 3.05) is 53.6 Å². The maximum absolute atomic E-state index is 9.85. The molecular formula is C15H25BrN2O3. The van der Waals surface area contributed by atoms with Crippen molar-refractivity contribution in [2.45, 2.75) is 6.10 Å². The smallest absolute Gasteiger partial charge is 0.120 e. The molecule has 21 heavy (non-hydrogen) atoms. The fourth-order valence-corrected chi connectivity index (χ4v) is 2.08. The number of ether oxygens (including phenoxy) is 2. The number of rotatable bonds is 11. The second-order valence-corrected chi connectivity index (χ2v) is 5.84. The van der Waals surface area contributed by atoms with E-state index in [1.165, 1.54) is 0 Å². The molecule has 0 aliphatic rings. The standard InChI is InChI=1S/C15H25BrN2O3/c1-18(8-9-20-2)7-6-17-11-14(19)12-21-15-5-3-4-13(16)10-15/h3-5,10,14,17,19H,6-9,11-12H2,1-2H3. The summed E-state index contributed by atoms with van der Waals surface area (Å²) in [6, 6.07) is 7.59. The molecule has 0 aliphatic carbocycles. The Balaban J connectivity index is 2.07. The molecule has 5 nitrogen and oxygen atoms in total. The van der Waals surface area contributed by atoms with E-state index in [0.717, 1.165) is 36.5 Å². The molecule has 0 fully saturated rings. The summed E-state index contributed by atoms with van der Waals surface area (Å²) >= 11 is 3.38. The number of hydrogen-bond acceptors (Lipinski definition) is 5. The number of nitrogens with zero attached hydrogens (tertiary/aromatic N) is 1.